The van der Waals surface area contributed by atoms with E-state index in [-0.39, 0.29) is 0 Å². The third kappa shape index (κ3) is 9.33. The summed E-state index contributed by atoms with van der Waals surface area (Å²) in [5, 5.41) is 16.8. The van der Waals surface area contributed by atoms with Crippen LogP contribution in [-0.4, -0.2) is 43.1 Å². The zero-order valence-corrected chi connectivity index (χ0v) is 15.9. The maximum Gasteiger partial charge on any atom is 0.335 e. The van der Waals surface area contributed by atoms with E-state index in [4.69, 9.17) is 10.2 Å². The van der Waals surface area contributed by atoms with Crippen LogP contribution in [0.5, 0.6) is 0 Å². The normalized spacial score (nSPS) is 8.76. The molecule has 0 atom stereocenters. The topological polar surface area (TPSA) is 83.8 Å². The van der Waals surface area contributed by atoms with Gasteiger partial charge in [0.2, 0.25) is 0 Å². The molecule has 5 nitrogen and oxygen atoms in total. The molecule has 0 aliphatic heterocycles. The lowest BCUT2D eigenvalue weighted by molar-refractivity contribution is 0.0686. The Morgan fingerprint density at radius 2 is 0.952 bits per heavy atom. The highest BCUT2D eigenvalue weighted by Gasteiger charge is 1.97. The Hall–Kier alpha value is -2.23. The lowest BCUT2D eigenvalue weighted by Gasteiger charge is -1.88. The predicted octanol–water partition coefficient (Wildman–Crippen LogP) is 0.333. The average molecular weight is 322 g/mol. The smallest absolute Gasteiger partial charge is 0.335 e. The molecule has 7 heteroatoms. The van der Waals surface area contributed by atoms with Gasteiger partial charge in [-0.1, -0.05) is 36.4 Å². The summed E-state index contributed by atoms with van der Waals surface area (Å²) in [5.41, 5.74) is 0.662. The number of carboxylic acid groups (broad SMARTS) is 2. The largest absolute Gasteiger partial charge is 0.478 e. The Bertz CT molecular complexity index is 482. The standard InChI is InChI=1S/2C7H6O2.H6OSi2/c2*8-7(9)6-4-2-1-3-5-6;2-1-3/h2*1-5H,(H,8,9);2-3H3. The van der Waals surface area contributed by atoms with Gasteiger partial charge in [-0.3, -0.25) is 0 Å². The van der Waals surface area contributed by atoms with Gasteiger partial charge in [-0.15, -0.1) is 0 Å². The number of aromatic carboxylic acids is 2. The van der Waals surface area contributed by atoms with E-state index in [1.807, 2.05) is 0 Å². The minimum Gasteiger partial charge on any atom is -0.478 e. The van der Waals surface area contributed by atoms with Crippen LogP contribution in [0.4, 0.5) is 0 Å². The van der Waals surface area contributed by atoms with Gasteiger partial charge in [-0.25, -0.2) is 9.59 Å². The number of hydrogen-bond acceptors (Lipinski definition) is 3. The van der Waals surface area contributed by atoms with Crippen LogP contribution < -0.4 is 0 Å². The SMILES string of the molecule is O=C(O)c1ccccc1.O=C(O)c1ccccc1.[SiH3]O[SiH3]. The number of carbonyl (C=O) groups is 2. The van der Waals surface area contributed by atoms with Crippen LogP contribution in [0.2, 0.25) is 0 Å². The Morgan fingerprint density at radius 1 is 0.714 bits per heavy atom. The van der Waals surface area contributed by atoms with Crippen molar-refractivity contribution in [2.45, 2.75) is 0 Å². The second kappa shape index (κ2) is 11.6. The van der Waals surface area contributed by atoms with Gasteiger partial charge in [0, 0.05) is 0 Å². The monoisotopic (exact) mass is 322 g/mol. The summed E-state index contributed by atoms with van der Waals surface area (Å²) in [6.45, 7) is 0. The Labute approximate surface area is 129 Å². The first-order valence-electron chi connectivity index (χ1n) is 5.99. The van der Waals surface area contributed by atoms with E-state index in [1.54, 1.807) is 60.7 Å². The fraction of sp³-hybridized carbons (Fsp3) is 0. The van der Waals surface area contributed by atoms with Crippen molar-refractivity contribution in [3.05, 3.63) is 71.8 Å². The molecule has 0 bridgehead atoms. The van der Waals surface area contributed by atoms with Crippen molar-refractivity contribution in [3.8, 4) is 0 Å². The molecular weight excluding hydrogens is 304 g/mol. The summed E-state index contributed by atoms with van der Waals surface area (Å²) in [7, 11) is 1.86. The van der Waals surface area contributed by atoms with Crippen LogP contribution in [0, 0.1) is 0 Å². The number of carboxylic acids is 2. The third-order valence-corrected chi connectivity index (χ3v) is 2.04. The highest BCUT2D eigenvalue weighted by atomic mass is 28.3. The average Bonchev–Trinajstić information content (AvgIpc) is 2.50. The number of rotatable bonds is 2. The number of hydrogen-bond donors (Lipinski definition) is 2. The van der Waals surface area contributed by atoms with Crippen LogP contribution in [0.25, 0.3) is 0 Å². The molecule has 0 aromatic heterocycles. The summed E-state index contributed by atoms with van der Waals surface area (Å²) in [4.78, 5) is 20.4. The lowest BCUT2D eigenvalue weighted by atomic mass is 10.2. The summed E-state index contributed by atoms with van der Waals surface area (Å²) < 4.78 is 4.53. The molecule has 21 heavy (non-hydrogen) atoms. The molecule has 0 amide bonds. The van der Waals surface area contributed by atoms with Gasteiger partial charge < -0.3 is 14.3 Å². The van der Waals surface area contributed by atoms with Crippen molar-refractivity contribution in [3.63, 3.8) is 0 Å². The van der Waals surface area contributed by atoms with Crippen LogP contribution >= 0.6 is 0 Å². The van der Waals surface area contributed by atoms with Crippen molar-refractivity contribution in [1.29, 1.82) is 0 Å². The first kappa shape index (κ1) is 18.8. The van der Waals surface area contributed by atoms with Gasteiger partial charge in [0.05, 0.1) is 11.1 Å². The van der Waals surface area contributed by atoms with E-state index in [9.17, 15) is 9.59 Å². The maximum atomic E-state index is 10.2. The zero-order chi connectivity index (χ0) is 16.1. The fourth-order valence-corrected chi connectivity index (χ4v) is 1.16. The van der Waals surface area contributed by atoms with Gasteiger partial charge >= 0.3 is 11.9 Å². The van der Waals surface area contributed by atoms with Gasteiger partial charge in [0.15, 0.2) is 0 Å². The molecule has 0 fully saturated rings. The minimum absolute atomic E-state index is 0.331. The molecule has 0 radical (unpaired) electrons. The quantitative estimate of drug-likeness (QED) is 0.779. The van der Waals surface area contributed by atoms with Crippen molar-refractivity contribution in [2.24, 2.45) is 0 Å². The molecule has 112 valence electrons. The first-order chi connectivity index (χ1) is 10.0. The highest BCUT2D eigenvalue weighted by molar-refractivity contribution is 6.15. The molecule has 0 spiro atoms. The number of benzene rings is 2. The summed E-state index contributed by atoms with van der Waals surface area (Å²) >= 11 is 0. The van der Waals surface area contributed by atoms with E-state index in [2.05, 4.69) is 4.12 Å². The minimum atomic E-state index is -0.879. The molecule has 0 heterocycles. The van der Waals surface area contributed by atoms with Crippen molar-refractivity contribution in [2.75, 3.05) is 0 Å². The van der Waals surface area contributed by atoms with E-state index in [0.717, 1.165) is 21.0 Å². The van der Waals surface area contributed by atoms with Crippen LogP contribution in [0.15, 0.2) is 60.7 Å². The summed E-state index contributed by atoms with van der Waals surface area (Å²) in [6, 6.07) is 16.6. The molecular formula is C14H18O5Si2. The Morgan fingerprint density at radius 3 is 1.10 bits per heavy atom. The van der Waals surface area contributed by atoms with Gasteiger partial charge in [-0.2, -0.15) is 0 Å². The molecule has 2 N–H and O–H groups in total. The van der Waals surface area contributed by atoms with Crippen LogP contribution in [-0.2, 0) is 4.12 Å². The van der Waals surface area contributed by atoms with Crippen molar-refractivity contribution >= 4 is 32.9 Å². The zero-order valence-electron chi connectivity index (χ0n) is 11.9. The summed E-state index contributed by atoms with van der Waals surface area (Å²) in [6.07, 6.45) is 0. The predicted molar refractivity (Wildman–Crippen MR) is 87.8 cm³/mol. The molecule has 2 aromatic carbocycles. The van der Waals surface area contributed by atoms with Gasteiger partial charge in [0.1, 0.15) is 21.0 Å². The first-order valence-corrected chi connectivity index (χ1v) is 7.63. The van der Waals surface area contributed by atoms with Crippen molar-refractivity contribution < 1.29 is 23.9 Å². The van der Waals surface area contributed by atoms with E-state index < -0.39 is 11.9 Å². The Balaban J connectivity index is 0.000000322. The van der Waals surface area contributed by atoms with Gasteiger partial charge in [0.25, 0.3) is 0 Å². The highest BCUT2D eigenvalue weighted by Crippen LogP contribution is 1.96. The Kier molecular flexibility index (Phi) is 10.4. The van der Waals surface area contributed by atoms with Crippen molar-refractivity contribution in [1.82, 2.24) is 0 Å². The van der Waals surface area contributed by atoms with Crippen LogP contribution in [0.1, 0.15) is 20.7 Å². The summed E-state index contributed by atoms with van der Waals surface area (Å²) in [5.74, 6) is -1.76. The lowest BCUT2D eigenvalue weighted by Crippen LogP contribution is -1.93. The molecule has 2 aromatic rings. The molecule has 0 saturated heterocycles. The third-order valence-electron chi connectivity index (χ3n) is 2.04. The molecule has 0 aliphatic rings. The van der Waals surface area contributed by atoms with E-state index in [1.165, 1.54) is 0 Å². The van der Waals surface area contributed by atoms with E-state index in [0.29, 0.717) is 11.1 Å². The molecule has 0 aliphatic carbocycles. The van der Waals surface area contributed by atoms with Gasteiger partial charge in [-0.05, 0) is 24.3 Å². The molecule has 0 saturated carbocycles. The molecule has 0 unspecified atom stereocenters. The van der Waals surface area contributed by atoms with Crippen LogP contribution in [0.3, 0.4) is 0 Å². The van der Waals surface area contributed by atoms with E-state index >= 15 is 0 Å². The second-order valence-electron chi connectivity index (χ2n) is 3.75. The molecule has 2 rings (SSSR count). The maximum absolute atomic E-state index is 10.2. The fourth-order valence-electron chi connectivity index (χ4n) is 1.16. The second-order valence-corrected chi connectivity index (χ2v) is 7.02.